The van der Waals surface area contributed by atoms with Gasteiger partial charge >= 0.3 is 6.03 Å². The van der Waals surface area contributed by atoms with Gasteiger partial charge in [-0.15, -0.1) is 0 Å². The summed E-state index contributed by atoms with van der Waals surface area (Å²) in [6.45, 7) is 6.49. The van der Waals surface area contributed by atoms with Gasteiger partial charge in [0.2, 0.25) is 0 Å². The molecule has 2 fully saturated rings. The van der Waals surface area contributed by atoms with Crippen LogP contribution >= 0.6 is 0 Å². The van der Waals surface area contributed by atoms with Crippen molar-refractivity contribution in [1.29, 1.82) is 10.8 Å². The first-order valence-electron chi connectivity index (χ1n) is 11.4. The van der Waals surface area contributed by atoms with Gasteiger partial charge in [-0.2, -0.15) is 0 Å². The molecular weight excluding hydrogens is 418 g/mol. The molecule has 9 heteroatoms. The molecule has 0 radical (unpaired) electrons. The first-order valence-corrected chi connectivity index (χ1v) is 11.4. The number of rotatable bonds is 7. The Morgan fingerprint density at radius 3 is 2.55 bits per heavy atom. The van der Waals surface area contributed by atoms with E-state index in [4.69, 9.17) is 15.6 Å². The number of amidine groups is 1. The number of carbonyl (C=O) groups is 1. The molecule has 0 atom stereocenters. The minimum atomic E-state index is -0.135. The Bertz CT molecular complexity index is 1010. The van der Waals surface area contributed by atoms with Crippen molar-refractivity contribution in [2.75, 3.05) is 41.4 Å². The van der Waals surface area contributed by atoms with Crippen molar-refractivity contribution in [3.8, 4) is 0 Å². The van der Waals surface area contributed by atoms with Gasteiger partial charge in [-0.25, -0.2) is 9.78 Å². The van der Waals surface area contributed by atoms with E-state index in [1.54, 1.807) is 28.0 Å². The minimum absolute atomic E-state index is 0. The quantitative estimate of drug-likeness (QED) is 0.435. The Balaban J connectivity index is 0.00000324. The Hall–Kier alpha value is -3.46. The first kappa shape index (κ1) is 22.7. The molecule has 0 aliphatic carbocycles. The molecule has 3 N–H and O–H groups in total. The number of hydrogen-bond donors (Lipinski definition) is 3. The lowest BCUT2D eigenvalue weighted by Crippen LogP contribution is -2.36. The SMILES string of the molecule is CC(C)N(C=N)C(=N)c1cccc(N2CCN(c3ccc(NC4CCOCC4)cc3)C2=O)n1.[HH]. The average Bonchev–Trinajstić information content (AvgIpc) is 3.22. The molecule has 2 aliphatic heterocycles. The lowest BCUT2D eigenvalue weighted by atomic mass is 10.1. The summed E-state index contributed by atoms with van der Waals surface area (Å²) in [4.78, 5) is 22.6. The van der Waals surface area contributed by atoms with Crippen LogP contribution in [0.4, 0.5) is 22.0 Å². The van der Waals surface area contributed by atoms with Gasteiger partial charge in [-0.1, -0.05) is 6.07 Å². The molecule has 0 saturated carbocycles. The van der Waals surface area contributed by atoms with E-state index in [9.17, 15) is 4.79 Å². The fraction of sp³-hybridized carbons (Fsp3) is 0.417. The maximum atomic E-state index is 13.2. The molecule has 2 saturated heterocycles. The number of anilines is 3. The summed E-state index contributed by atoms with van der Waals surface area (Å²) in [6, 6.07) is 13.5. The van der Waals surface area contributed by atoms with Crippen LogP contribution in [0.15, 0.2) is 42.5 Å². The lowest BCUT2D eigenvalue weighted by Gasteiger charge is -2.25. The molecule has 0 bridgehead atoms. The maximum Gasteiger partial charge on any atom is 0.330 e. The molecular formula is C24H33N7O2. The number of pyridine rings is 1. The van der Waals surface area contributed by atoms with Gasteiger partial charge in [0.05, 0.1) is 6.34 Å². The fourth-order valence-electron chi connectivity index (χ4n) is 4.11. The van der Waals surface area contributed by atoms with Crippen molar-refractivity contribution in [2.24, 2.45) is 0 Å². The molecule has 33 heavy (non-hydrogen) atoms. The molecule has 0 unspecified atom stereocenters. The van der Waals surface area contributed by atoms with Crippen molar-refractivity contribution >= 4 is 35.4 Å². The highest BCUT2D eigenvalue weighted by Gasteiger charge is 2.32. The van der Waals surface area contributed by atoms with Gasteiger partial charge in [0.15, 0.2) is 5.84 Å². The highest BCUT2D eigenvalue weighted by Crippen LogP contribution is 2.26. The van der Waals surface area contributed by atoms with Crippen LogP contribution in [0.25, 0.3) is 0 Å². The van der Waals surface area contributed by atoms with Crippen LogP contribution < -0.4 is 15.1 Å². The number of nitrogens with zero attached hydrogens (tertiary/aromatic N) is 4. The van der Waals surface area contributed by atoms with Crippen LogP contribution in [0.3, 0.4) is 0 Å². The molecule has 2 aliphatic rings. The highest BCUT2D eigenvalue weighted by atomic mass is 16.5. The van der Waals surface area contributed by atoms with Gasteiger partial charge in [-0.05, 0) is 63.1 Å². The summed E-state index contributed by atoms with van der Waals surface area (Å²) in [5.74, 6) is 0.647. The van der Waals surface area contributed by atoms with Crippen molar-refractivity contribution in [1.82, 2.24) is 9.88 Å². The van der Waals surface area contributed by atoms with Gasteiger partial charge < -0.3 is 15.0 Å². The van der Waals surface area contributed by atoms with Gasteiger partial charge in [-0.3, -0.25) is 20.6 Å². The largest absolute Gasteiger partial charge is 0.382 e. The molecule has 9 nitrogen and oxygen atoms in total. The Morgan fingerprint density at radius 1 is 1.18 bits per heavy atom. The zero-order valence-corrected chi connectivity index (χ0v) is 19.1. The predicted octanol–water partition coefficient (Wildman–Crippen LogP) is 4.01. The third-order valence-corrected chi connectivity index (χ3v) is 5.99. The Morgan fingerprint density at radius 2 is 1.88 bits per heavy atom. The van der Waals surface area contributed by atoms with Crippen LogP contribution in [0, 0.1) is 10.8 Å². The second kappa shape index (κ2) is 9.99. The second-order valence-corrected chi connectivity index (χ2v) is 8.52. The number of aromatic nitrogens is 1. The monoisotopic (exact) mass is 451 g/mol. The van der Waals surface area contributed by atoms with Gasteiger partial charge in [0.1, 0.15) is 11.5 Å². The van der Waals surface area contributed by atoms with E-state index in [1.807, 2.05) is 38.1 Å². The molecule has 0 spiro atoms. The number of benzene rings is 1. The molecule has 2 amide bonds. The zero-order chi connectivity index (χ0) is 23.4. The smallest absolute Gasteiger partial charge is 0.330 e. The van der Waals surface area contributed by atoms with E-state index in [1.165, 1.54) is 4.90 Å². The highest BCUT2D eigenvalue weighted by molar-refractivity contribution is 6.06. The molecule has 1 aromatic carbocycles. The summed E-state index contributed by atoms with van der Waals surface area (Å²) < 4.78 is 5.41. The van der Waals surface area contributed by atoms with Crippen LogP contribution in [0.2, 0.25) is 0 Å². The number of carbonyl (C=O) groups excluding carboxylic acids is 1. The fourth-order valence-corrected chi connectivity index (χ4v) is 4.11. The van der Waals surface area contributed by atoms with Crippen LogP contribution in [-0.2, 0) is 4.74 Å². The maximum absolute atomic E-state index is 13.2. The minimum Gasteiger partial charge on any atom is -0.382 e. The van der Waals surface area contributed by atoms with Crippen molar-refractivity contribution in [3.05, 3.63) is 48.2 Å². The normalized spacial score (nSPS) is 16.9. The number of nitrogens with one attached hydrogen (secondary N) is 3. The van der Waals surface area contributed by atoms with E-state index in [0.29, 0.717) is 30.6 Å². The van der Waals surface area contributed by atoms with Gasteiger partial charge in [0.25, 0.3) is 0 Å². The number of ether oxygens (including phenoxy) is 1. The summed E-state index contributed by atoms with van der Waals surface area (Å²) >= 11 is 0. The van der Waals surface area contributed by atoms with Crippen LogP contribution in [0.1, 0.15) is 33.8 Å². The summed E-state index contributed by atoms with van der Waals surface area (Å²) in [6.07, 6.45) is 3.13. The topological polar surface area (TPSA) is 109 Å². The number of amides is 2. The third kappa shape index (κ3) is 4.98. The number of hydrogen-bond acceptors (Lipinski definition) is 6. The van der Waals surface area contributed by atoms with E-state index < -0.39 is 0 Å². The van der Waals surface area contributed by atoms with Crippen LogP contribution in [-0.4, -0.2) is 66.5 Å². The average molecular weight is 452 g/mol. The standard InChI is InChI=1S/C24H31N7O2.H2/c1-17(2)31(16-25)23(26)21-4-3-5-22(28-21)30-13-12-29(24(30)32)20-8-6-18(7-9-20)27-19-10-14-33-15-11-19;/h3-9,16-17,19,25-27H,10-15H2,1-2H3;1H. The van der Waals surface area contributed by atoms with Crippen molar-refractivity contribution in [2.45, 2.75) is 38.8 Å². The summed E-state index contributed by atoms with van der Waals surface area (Å²) in [5.41, 5.74) is 2.32. The molecule has 4 rings (SSSR count). The summed E-state index contributed by atoms with van der Waals surface area (Å²) in [7, 11) is 0. The predicted molar refractivity (Wildman–Crippen MR) is 133 cm³/mol. The lowest BCUT2D eigenvalue weighted by molar-refractivity contribution is 0.0904. The van der Waals surface area contributed by atoms with E-state index in [0.717, 1.165) is 43.8 Å². The first-order chi connectivity index (χ1) is 16.0. The second-order valence-electron chi connectivity index (χ2n) is 8.52. The Labute approximate surface area is 195 Å². The zero-order valence-electron chi connectivity index (χ0n) is 19.1. The summed E-state index contributed by atoms with van der Waals surface area (Å²) in [5, 5.41) is 19.5. The molecule has 176 valence electrons. The third-order valence-electron chi connectivity index (χ3n) is 5.99. The van der Waals surface area contributed by atoms with E-state index >= 15 is 0 Å². The van der Waals surface area contributed by atoms with E-state index in [2.05, 4.69) is 10.3 Å². The molecule has 2 aromatic rings. The molecule has 3 heterocycles. The Kier molecular flexibility index (Phi) is 6.88. The van der Waals surface area contributed by atoms with Crippen LogP contribution in [0.5, 0.6) is 0 Å². The molecule has 1 aromatic heterocycles. The van der Waals surface area contributed by atoms with E-state index in [-0.39, 0.29) is 19.3 Å². The number of urea groups is 1. The van der Waals surface area contributed by atoms with Crippen molar-refractivity contribution < 1.29 is 11.0 Å². The van der Waals surface area contributed by atoms with Gasteiger partial charge in [0, 0.05) is 51.2 Å². The van der Waals surface area contributed by atoms with Crippen molar-refractivity contribution in [3.63, 3.8) is 0 Å².